The lowest BCUT2D eigenvalue weighted by molar-refractivity contribution is -0.385. The molecule has 0 saturated heterocycles. The predicted molar refractivity (Wildman–Crippen MR) is 100 cm³/mol. The smallest absolute Gasteiger partial charge is 0.273 e. The molecule has 3 rings (SSSR count). The summed E-state index contributed by atoms with van der Waals surface area (Å²) in [6.07, 6.45) is 3.14. The van der Waals surface area contributed by atoms with Crippen LogP contribution in [0.15, 0.2) is 53.3 Å². The van der Waals surface area contributed by atoms with Crippen LogP contribution in [0, 0.1) is 16.0 Å². The molecule has 0 fully saturated rings. The van der Waals surface area contributed by atoms with E-state index in [4.69, 9.17) is 4.52 Å². The van der Waals surface area contributed by atoms with Gasteiger partial charge in [-0.05, 0) is 18.1 Å². The van der Waals surface area contributed by atoms with Gasteiger partial charge < -0.3 is 9.84 Å². The molecule has 28 heavy (non-hydrogen) atoms. The molecule has 0 aliphatic heterocycles. The fraction of sp³-hybridized carbons (Fsp3) is 0.263. The highest BCUT2D eigenvalue weighted by atomic mass is 16.6. The Morgan fingerprint density at radius 2 is 2.04 bits per heavy atom. The van der Waals surface area contributed by atoms with E-state index >= 15 is 0 Å². The van der Waals surface area contributed by atoms with E-state index in [-0.39, 0.29) is 29.8 Å². The van der Waals surface area contributed by atoms with Crippen LogP contribution in [0.25, 0.3) is 11.4 Å². The number of rotatable bonds is 7. The fourth-order valence-electron chi connectivity index (χ4n) is 2.72. The summed E-state index contributed by atoms with van der Waals surface area (Å²) in [6.45, 7) is 3.81. The van der Waals surface area contributed by atoms with Crippen molar-refractivity contribution in [2.24, 2.45) is 5.92 Å². The van der Waals surface area contributed by atoms with Crippen molar-refractivity contribution in [1.29, 1.82) is 0 Å². The molecule has 144 valence electrons. The van der Waals surface area contributed by atoms with Crippen LogP contribution in [0.5, 0.6) is 0 Å². The van der Waals surface area contributed by atoms with Crippen molar-refractivity contribution in [3.05, 3.63) is 70.4 Å². The Bertz CT molecular complexity index is 971. The molecular formula is C19H19N5O4. The molecule has 1 amide bonds. The zero-order valence-electron chi connectivity index (χ0n) is 15.4. The molecule has 3 aromatic rings. The predicted octanol–water partition coefficient (Wildman–Crippen LogP) is 3.10. The number of carbonyl (C=O) groups excluding carboxylic acids is 1. The summed E-state index contributed by atoms with van der Waals surface area (Å²) in [4.78, 5) is 31.5. The first-order chi connectivity index (χ1) is 13.5. The molecular weight excluding hydrogens is 362 g/mol. The van der Waals surface area contributed by atoms with E-state index in [1.165, 1.54) is 6.07 Å². The monoisotopic (exact) mass is 381 g/mol. The number of nitrogens with zero attached hydrogens (tertiary/aromatic N) is 4. The van der Waals surface area contributed by atoms with Crippen molar-refractivity contribution in [2.75, 3.05) is 0 Å². The fourth-order valence-corrected chi connectivity index (χ4v) is 2.72. The Hall–Kier alpha value is -3.62. The van der Waals surface area contributed by atoms with E-state index in [0.29, 0.717) is 17.0 Å². The van der Waals surface area contributed by atoms with Crippen LogP contribution < -0.4 is 5.32 Å². The van der Waals surface area contributed by atoms with E-state index in [1.807, 2.05) is 13.8 Å². The SMILES string of the molecule is CC(C)C(NC(=O)Cc1ccccc1[N+](=O)[O-])c1nc(-c2cccnc2)no1. The van der Waals surface area contributed by atoms with Crippen molar-refractivity contribution in [1.82, 2.24) is 20.4 Å². The lowest BCUT2D eigenvalue weighted by atomic mass is 10.0. The molecule has 0 saturated carbocycles. The quantitative estimate of drug-likeness (QED) is 0.492. The van der Waals surface area contributed by atoms with Crippen LogP contribution in [-0.4, -0.2) is 26.0 Å². The van der Waals surface area contributed by atoms with E-state index in [9.17, 15) is 14.9 Å². The maximum absolute atomic E-state index is 12.5. The molecule has 0 spiro atoms. The summed E-state index contributed by atoms with van der Waals surface area (Å²) in [5, 5.41) is 17.9. The molecule has 9 nitrogen and oxygen atoms in total. The lowest BCUT2D eigenvalue weighted by Gasteiger charge is -2.18. The largest absolute Gasteiger partial charge is 0.344 e. The number of nitrogens with one attached hydrogen (secondary N) is 1. The summed E-state index contributed by atoms with van der Waals surface area (Å²) >= 11 is 0. The number of benzene rings is 1. The number of para-hydroxylation sites is 1. The molecule has 1 aromatic carbocycles. The molecule has 0 aliphatic rings. The van der Waals surface area contributed by atoms with Crippen molar-refractivity contribution in [2.45, 2.75) is 26.3 Å². The van der Waals surface area contributed by atoms with Crippen LogP contribution >= 0.6 is 0 Å². The zero-order chi connectivity index (χ0) is 20.1. The van der Waals surface area contributed by atoms with Crippen molar-refractivity contribution in [3.63, 3.8) is 0 Å². The van der Waals surface area contributed by atoms with Crippen molar-refractivity contribution in [3.8, 4) is 11.4 Å². The van der Waals surface area contributed by atoms with Crippen LogP contribution in [0.4, 0.5) is 5.69 Å². The number of nitro groups is 1. The van der Waals surface area contributed by atoms with E-state index in [2.05, 4.69) is 20.4 Å². The molecule has 1 atom stereocenters. The molecule has 0 aliphatic carbocycles. The summed E-state index contributed by atoms with van der Waals surface area (Å²) in [6, 6.07) is 9.21. The highest BCUT2D eigenvalue weighted by molar-refractivity contribution is 5.80. The highest BCUT2D eigenvalue weighted by Crippen LogP contribution is 2.24. The second-order valence-corrected chi connectivity index (χ2v) is 6.55. The third-order valence-corrected chi connectivity index (χ3v) is 4.15. The number of nitro benzene ring substituents is 1. The van der Waals surface area contributed by atoms with Gasteiger partial charge in [0.1, 0.15) is 6.04 Å². The van der Waals surface area contributed by atoms with Crippen molar-refractivity contribution < 1.29 is 14.2 Å². The Labute approximate surface area is 161 Å². The number of carbonyl (C=O) groups is 1. The Kier molecular flexibility index (Phi) is 5.73. The first-order valence-corrected chi connectivity index (χ1v) is 8.71. The highest BCUT2D eigenvalue weighted by Gasteiger charge is 2.26. The van der Waals surface area contributed by atoms with Crippen LogP contribution in [0.1, 0.15) is 31.3 Å². The Balaban J connectivity index is 1.76. The minimum absolute atomic E-state index is 0.0306. The lowest BCUT2D eigenvalue weighted by Crippen LogP contribution is -2.33. The normalized spacial score (nSPS) is 12.0. The van der Waals surface area contributed by atoms with Gasteiger partial charge in [-0.15, -0.1) is 0 Å². The van der Waals surface area contributed by atoms with Crippen LogP contribution in [0.2, 0.25) is 0 Å². The average molecular weight is 381 g/mol. The van der Waals surface area contributed by atoms with Gasteiger partial charge in [0.15, 0.2) is 0 Å². The first kappa shape index (κ1) is 19.2. The van der Waals surface area contributed by atoms with Gasteiger partial charge in [0, 0.05) is 29.6 Å². The number of pyridine rings is 1. The average Bonchev–Trinajstić information content (AvgIpc) is 3.16. The van der Waals surface area contributed by atoms with Gasteiger partial charge in [0.05, 0.1) is 11.3 Å². The number of amides is 1. The maximum atomic E-state index is 12.5. The Morgan fingerprint density at radius 1 is 1.25 bits per heavy atom. The molecule has 0 radical (unpaired) electrons. The van der Waals surface area contributed by atoms with E-state index < -0.39 is 11.0 Å². The maximum Gasteiger partial charge on any atom is 0.273 e. The Morgan fingerprint density at radius 3 is 2.71 bits per heavy atom. The van der Waals surface area contributed by atoms with Crippen molar-refractivity contribution >= 4 is 11.6 Å². The van der Waals surface area contributed by atoms with Gasteiger partial charge in [-0.2, -0.15) is 4.98 Å². The van der Waals surface area contributed by atoms with Gasteiger partial charge in [-0.3, -0.25) is 19.9 Å². The number of hydrogen-bond donors (Lipinski definition) is 1. The standard InChI is InChI=1S/C19H19N5O4/c1-12(2)17(19-22-18(23-28-19)14-7-5-9-20-11-14)21-16(25)10-13-6-3-4-8-15(13)24(26)27/h3-9,11-12,17H,10H2,1-2H3,(H,21,25). The summed E-state index contributed by atoms with van der Waals surface area (Å²) in [7, 11) is 0. The molecule has 1 N–H and O–H groups in total. The van der Waals surface area contributed by atoms with Gasteiger partial charge in [-0.25, -0.2) is 0 Å². The third-order valence-electron chi connectivity index (χ3n) is 4.15. The second kappa shape index (κ2) is 8.38. The van der Waals surface area contributed by atoms with Crippen LogP contribution in [0.3, 0.4) is 0 Å². The first-order valence-electron chi connectivity index (χ1n) is 8.71. The van der Waals surface area contributed by atoms with Gasteiger partial charge in [-0.1, -0.05) is 37.2 Å². The summed E-state index contributed by atoms with van der Waals surface area (Å²) in [5.74, 6) is 0.248. The van der Waals surface area contributed by atoms with E-state index in [1.54, 1.807) is 42.7 Å². The number of hydrogen-bond acceptors (Lipinski definition) is 7. The van der Waals surface area contributed by atoms with E-state index in [0.717, 1.165) is 0 Å². The number of aromatic nitrogens is 3. The van der Waals surface area contributed by atoms with Gasteiger partial charge in [0.2, 0.25) is 17.6 Å². The summed E-state index contributed by atoms with van der Waals surface area (Å²) in [5.41, 5.74) is 0.954. The second-order valence-electron chi connectivity index (χ2n) is 6.55. The molecule has 2 heterocycles. The molecule has 0 bridgehead atoms. The zero-order valence-corrected chi connectivity index (χ0v) is 15.4. The van der Waals surface area contributed by atoms with Gasteiger partial charge >= 0.3 is 0 Å². The van der Waals surface area contributed by atoms with Gasteiger partial charge in [0.25, 0.3) is 5.69 Å². The molecule has 2 aromatic heterocycles. The topological polar surface area (TPSA) is 124 Å². The van der Waals surface area contributed by atoms with Crippen LogP contribution in [-0.2, 0) is 11.2 Å². The minimum Gasteiger partial charge on any atom is -0.344 e. The molecule has 9 heteroatoms. The summed E-state index contributed by atoms with van der Waals surface area (Å²) < 4.78 is 5.34. The third kappa shape index (κ3) is 4.37. The minimum atomic E-state index is -0.520. The molecule has 1 unspecified atom stereocenters.